The van der Waals surface area contributed by atoms with E-state index in [2.05, 4.69) is 27.7 Å². The number of aryl methyl sites for hydroxylation is 1. The SMILES string of the molecule is COc1ccccc1C(CNC(=O)CCc1cccs1)N1CCCCC1. The highest BCUT2D eigenvalue weighted by Crippen LogP contribution is 2.30. The highest BCUT2D eigenvalue weighted by molar-refractivity contribution is 7.09. The van der Waals surface area contributed by atoms with E-state index < -0.39 is 0 Å². The summed E-state index contributed by atoms with van der Waals surface area (Å²) in [5.74, 6) is 1.02. The Balaban J connectivity index is 1.64. The first kappa shape index (κ1) is 18.9. The number of amides is 1. The first-order chi connectivity index (χ1) is 12.8. The van der Waals surface area contributed by atoms with E-state index in [0.717, 1.165) is 30.8 Å². The lowest BCUT2D eigenvalue weighted by molar-refractivity contribution is -0.121. The molecule has 1 saturated heterocycles. The van der Waals surface area contributed by atoms with E-state index in [0.29, 0.717) is 13.0 Å². The number of rotatable bonds is 8. The van der Waals surface area contributed by atoms with Gasteiger partial charge >= 0.3 is 0 Å². The van der Waals surface area contributed by atoms with Gasteiger partial charge in [0, 0.05) is 23.4 Å². The van der Waals surface area contributed by atoms with Crippen molar-refractivity contribution in [2.45, 2.75) is 38.1 Å². The van der Waals surface area contributed by atoms with Gasteiger partial charge in [-0.2, -0.15) is 0 Å². The van der Waals surface area contributed by atoms with Gasteiger partial charge in [-0.3, -0.25) is 9.69 Å². The van der Waals surface area contributed by atoms with Crippen LogP contribution in [0.15, 0.2) is 41.8 Å². The van der Waals surface area contributed by atoms with Crippen molar-refractivity contribution in [2.24, 2.45) is 0 Å². The standard InChI is InChI=1S/C21H28N2O2S/c1-25-20-10-4-3-9-18(20)19(23-13-5-2-6-14-23)16-22-21(24)12-11-17-8-7-15-26-17/h3-4,7-10,15,19H,2,5-6,11-14,16H2,1H3,(H,22,24). The topological polar surface area (TPSA) is 41.6 Å². The molecule has 1 fully saturated rings. The van der Waals surface area contributed by atoms with E-state index in [4.69, 9.17) is 4.74 Å². The normalized spacial score (nSPS) is 16.2. The molecule has 1 aromatic heterocycles. The number of benzene rings is 1. The maximum atomic E-state index is 12.4. The summed E-state index contributed by atoms with van der Waals surface area (Å²) in [6.07, 6.45) is 5.09. The second-order valence-electron chi connectivity index (χ2n) is 6.74. The number of carbonyl (C=O) groups excluding carboxylic acids is 1. The Kier molecular flexibility index (Phi) is 7.09. The van der Waals surface area contributed by atoms with Crippen molar-refractivity contribution in [1.29, 1.82) is 0 Å². The number of methoxy groups -OCH3 is 1. The number of piperidine rings is 1. The van der Waals surface area contributed by atoms with E-state index in [1.807, 2.05) is 24.3 Å². The Bertz CT molecular complexity index is 681. The van der Waals surface area contributed by atoms with Crippen molar-refractivity contribution in [3.63, 3.8) is 0 Å². The van der Waals surface area contributed by atoms with Gasteiger partial charge < -0.3 is 10.1 Å². The highest BCUT2D eigenvalue weighted by atomic mass is 32.1. The molecule has 1 amide bonds. The van der Waals surface area contributed by atoms with E-state index in [1.165, 1.54) is 24.1 Å². The van der Waals surface area contributed by atoms with Gasteiger partial charge in [-0.05, 0) is 49.9 Å². The number of para-hydroxylation sites is 1. The van der Waals surface area contributed by atoms with E-state index in [-0.39, 0.29) is 11.9 Å². The summed E-state index contributed by atoms with van der Waals surface area (Å²) >= 11 is 1.71. The molecule has 5 heteroatoms. The summed E-state index contributed by atoms with van der Waals surface area (Å²) in [5, 5.41) is 5.22. The number of nitrogens with one attached hydrogen (secondary N) is 1. The summed E-state index contributed by atoms with van der Waals surface area (Å²) < 4.78 is 5.58. The molecule has 0 spiro atoms. The van der Waals surface area contributed by atoms with Crippen molar-refractivity contribution in [3.8, 4) is 5.75 Å². The third-order valence-corrected chi connectivity index (χ3v) is 5.94. The lowest BCUT2D eigenvalue weighted by Gasteiger charge is -2.35. The van der Waals surface area contributed by atoms with Gasteiger partial charge in [0.2, 0.25) is 5.91 Å². The zero-order valence-electron chi connectivity index (χ0n) is 15.4. The van der Waals surface area contributed by atoms with Crippen LogP contribution in [-0.4, -0.2) is 37.6 Å². The minimum absolute atomic E-state index is 0.121. The van der Waals surface area contributed by atoms with Gasteiger partial charge in [-0.15, -0.1) is 11.3 Å². The molecule has 1 N–H and O–H groups in total. The van der Waals surface area contributed by atoms with E-state index >= 15 is 0 Å². The van der Waals surface area contributed by atoms with Crippen LogP contribution in [0.4, 0.5) is 0 Å². The number of hydrogen-bond acceptors (Lipinski definition) is 4. The minimum Gasteiger partial charge on any atom is -0.496 e. The monoisotopic (exact) mass is 372 g/mol. The molecule has 0 bridgehead atoms. The smallest absolute Gasteiger partial charge is 0.220 e. The molecule has 3 rings (SSSR count). The van der Waals surface area contributed by atoms with Crippen LogP contribution < -0.4 is 10.1 Å². The predicted molar refractivity (Wildman–Crippen MR) is 107 cm³/mol. The summed E-state index contributed by atoms with van der Waals surface area (Å²) in [7, 11) is 1.71. The van der Waals surface area contributed by atoms with Gasteiger partial charge in [0.05, 0.1) is 13.2 Å². The van der Waals surface area contributed by atoms with Crippen LogP contribution in [0.2, 0.25) is 0 Å². The van der Waals surface area contributed by atoms with E-state index in [9.17, 15) is 4.79 Å². The molecule has 1 aliphatic heterocycles. The fraction of sp³-hybridized carbons (Fsp3) is 0.476. The summed E-state index contributed by atoms with van der Waals surface area (Å²) in [6.45, 7) is 2.78. The van der Waals surface area contributed by atoms with Crippen molar-refractivity contribution in [3.05, 3.63) is 52.2 Å². The fourth-order valence-electron chi connectivity index (χ4n) is 3.60. The fourth-order valence-corrected chi connectivity index (χ4v) is 4.31. The molecule has 1 aromatic carbocycles. The van der Waals surface area contributed by atoms with Gasteiger partial charge in [0.15, 0.2) is 0 Å². The highest BCUT2D eigenvalue weighted by Gasteiger charge is 2.25. The first-order valence-corrected chi connectivity index (χ1v) is 10.3. The third kappa shape index (κ3) is 5.08. The molecule has 0 aliphatic carbocycles. The van der Waals surface area contributed by atoms with Gasteiger partial charge in [-0.1, -0.05) is 30.7 Å². The molecule has 0 saturated carbocycles. The van der Waals surface area contributed by atoms with Crippen molar-refractivity contribution in [1.82, 2.24) is 10.2 Å². The Morgan fingerprint density at radius 2 is 2.00 bits per heavy atom. The third-order valence-electron chi connectivity index (χ3n) is 5.00. The van der Waals surface area contributed by atoms with Crippen LogP contribution in [0.3, 0.4) is 0 Å². The zero-order chi connectivity index (χ0) is 18.2. The molecule has 140 valence electrons. The number of carbonyl (C=O) groups is 1. The zero-order valence-corrected chi connectivity index (χ0v) is 16.3. The molecule has 2 aromatic rings. The summed E-state index contributed by atoms with van der Waals surface area (Å²) in [5.41, 5.74) is 1.16. The van der Waals surface area contributed by atoms with Gasteiger partial charge in [0.1, 0.15) is 5.75 Å². The maximum Gasteiger partial charge on any atom is 0.220 e. The second-order valence-corrected chi connectivity index (χ2v) is 7.77. The predicted octanol–water partition coefficient (Wildman–Crippen LogP) is 4.03. The molecular weight excluding hydrogens is 344 g/mol. The molecule has 4 nitrogen and oxygen atoms in total. The van der Waals surface area contributed by atoms with Crippen molar-refractivity contribution in [2.75, 3.05) is 26.7 Å². The lowest BCUT2D eigenvalue weighted by Crippen LogP contribution is -2.40. The number of nitrogens with zero attached hydrogens (tertiary/aromatic N) is 1. The maximum absolute atomic E-state index is 12.4. The van der Waals surface area contributed by atoms with Gasteiger partial charge in [0.25, 0.3) is 0 Å². The molecular formula is C21H28N2O2S. The molecule has 1 unspecified atom stereocenters. The van der Waals surface area contributed by atoms with E-state index in [1.54, 1.807) is 18.4 Å². The largest absolute Gasteiger partial charge is 0.496 e. The average Bonchev–Trinajstić information content (AvgIpc) is 3.21. The molecule has 1 atom stereocenters. The van der Waals surface area contributed by atoms with Crippen molar-refractivity contribution >= 4 is 17.2 Å². The summed E-state index contributed by atoms with van der Waals surface area (Å²) in [6, 6.07) is 12.5. The summed E-state index contributed by atoms with van der Waals surface area (Å²) in [4.78, 5) is 16.1. The number of hydrogen-bond donors (Lipinski definition) is 1. The molecule has 1 aliphatic rings. The molecule has 26 heavy (non-hydrogen) atoms. The first-order valence-electron chi connectivity index (χ1n) is 9.44. The number of likely N-dealkylation sites (tertiary alicyclic amines) is 1. The Labute approximate surface area is 160 Å². The average molecular weight is 373 g/mol. The lowest BCUT2D eigenvalue weighted by atomic mass is 10.0. The number of thiophene rings is 1. The van der Waals surface area contributed by atoms with Crippen LogP contribution >= 0.6 is 11.3 Å². The van der Waals surface area contributed by atoms with Crippen LogP contribution in [0.1, 0.15) is 42.2 Å². The van der Waals surface area contributed by atoms with Crippen LogP contribution in [0.5, 0.6) is 5.75 Å². The molecule has 2 heterocycles. The minimum atomic E-state index is 0.121. The second kappa shape index (κ2) is 9.74. The quantitative estimate of drug-likeness (QED) is 0.761. The Morgan fingerprint density at radius 3 is 2.73 bits per heavy atom. The Morgan fingerprint density at radius 1 is 1.19 bits per heavy atom. The van der Waals surface area contributed by atoms with Crippen LogP contribution in [0, 0.1) is 0 Å². The molecule has 0 radical (unpaired) electrons. The van der Waals surface area contributed by atoms with Crippen LogP contribution in [-0.2, 0) is 11.2 Å². The Hall–Kier alpha value is -1.85. The van der Waals surface area contributed by atoms with Gasteiger partial charge in [-0.25, -0.2) is 0 Å². The van der Waals surface area contributed by atoms with Crippen molar-refractivity contribution < 1.29 is 9.53 Å². The van der Waals surface area contributed by atoms with Crippen LogP contribution in [0.25, 0.3) is 0 Å². The number of ether oxygens (including phenoxy) is 1.